The Labute approximate surface area is 90.5 Å². The van der Waals surface area contributed by atoms with Crippen LogP contribution in [0.5, 0.6) is 0 Å². The van der Waals surface area contributed by atoms with E-state index in [1.807, 2.05) is 0 Å². The van der Waals surface area contributed by atoms with E-state index in [1.54, 1.807) is 0 Å². The largest absolute Gasteiger partial charge is 0.326 e. The second-order valence-electron chi connectivity index (χ2n) is 3.97. The van der Waals surface area contributed by atoms with E-state index >= 15 is 0 Å². The highest BCUT2D eigenvalue weighted by Gasteiger charge is 2.61. The van der Waals surface area contributed by atoms with E-state index in [9.17, 15) is 18.0 Å². The first-order valence-electron chi connectivity index (χ1n) is 4.85. The first kappa shape index (κ1) is 11.0. The number of halogens is 3. The molecule has 1 fully saturated rings. The lowest BCUT2D eigenvalue weighted by Crippen LogP contribution is -2.17. The van der Waals surface area contributed by atoms with Crippen molar-refractivity contribution in [2.75, 3.05) is 5.32 Å². The number of alkyl halides is 2. The molecule has 1 aliphatic rings. The highest BCUT2D eigenvalue weighted by molar-refractivity contribution is 5.95. The fourth-order valence-electron chi connectivity index (χ4n) is 1.45. The molecule has 86 valence electrons. The molecule has 1 aliphatic carbocycles. The molecule has 2 rings (SSSR count). The van der Waals surface area contributed by atoms with E-state index in [0.717, 1.165) is 0 Å². The maximum Gasteiger partial charge on any atom is 0.260 e. The minimum Gasteiger partial charge on any atom is -0.326 e. The highest BCUT2D eigenvalue weighted by Crippen LogP contribution is 2.49. The van der Waals surface area contributed by atoms with E-state index in [0.29, 0.717) is 11.3 Å². The minimum absolute atomic E-state index is 0.339. The Bertz CT molecular complexity index is 445. The molecule has 0 heterocycles. The van der Waals surface area contributed by atoms with Crippen molar-refractivity contribution in [1.29, 1.82) is 0 Å². The zero-order valence-electron chi connectivity index (χ0n) is 8.56. The summed E-state index contributed by atoms with van der Waals surface area (Å²) >= 11 is 0. The van der Waals surface area contributed by atoms with Gasteiger partial charge in [0, 0.05) is 12.1 Å². The minimum atomic E-state index is -2.88. The summed E-state index contributed by atoms with van der Waals surface area (Å²) in [6.07, 6.45) is -0.404. The lowest BCUT2D eigenvalue weighted by Gasteiger charge is -2.05. The summed E-state index contributed by atoms with van der Waals surface area (Å²) < 4.78 is 38.0. The van der Waals surface area contributed by atoms with E-state index in [4.69, 9.17) is 0 Å². The molecule has 5 heteroatoms. The predicted octanol–water partition coefficient (Wildman–Crippen LogP) is 2.73. The molecule has 16 heavy (non-hydrogen) atoms. The van der Waals surface area contributed by atoms with Crippen LogP contribution in [0.15, 0.2) is 18.2 Å². The summed E-state index contributed by atoms with van der Waals surface area (Å²) in [5.41, 5.74) is 0.701. The number of rotatable bonds is 2. The predicted molar refractivity (Wildman–Crippen MR) is 52.8 cm³/mol. The van der Waals surface area contributed by atoms with Gasteiger partial charge in [-0.3, -0.25) is 4.79 Å². The maximum absolute atomic E-state index is 12.9. The van der Waals surface area contributed by atoms with Crippen LogP contribution < -0.4 is 5.32 Å². The molecule has 1 N–H and O–H groups in total. The first-order chi connectivity index (χ1) is 7.40. The van der Waals surface area contributed by atoms with Crippen molar-refractivity contribution in [3.8, 4) is 0 Å². The first-order valence-corrected chi connectivity index (χ1v) is 4.85. The number of amides is 1. The SMILES string of the molecule is Cc1cc(NC(=O)C2CC2(F)F)ccc1F. The van der Waals surface area contributed by atoms with Gasteiger partial charge in [-0.1, -0.05) is 0 Å². The Morgan fingerprint density at radius 1 is 1.50 bits per heavy atom. The second kappa shape index (κ2) is 3.50. The number of anilines is 1. The second-order valence-corrected chi connectivity index (χ2v) is 3.97. The van der Waals surface area contributed by atoms with Crippen molar-refractivity contribution in [3.05, 3.63) is 29.6 Å². The van der Waals surface area contributed by atoms with Gasteiger partial charge in [-0.05, 0) is 30.7 Å². The molecule has 1 amide bonds. The Morgan fingerprint density at radius 2 is 2.12 bits per heavy atom. The standard InChI is InChI=1S/C11H10F3NO/c1-6-4-7(2-3-9(6)12)15-10(16)8-5-11(8,13)14/h2-4,8H,5H2,1H3,(H,15,16). The Kier molecular flexibility index (Phi) is 2.40. The van der Waals surface area contributed by atoms with Crippen LogP contribution in [0.4, 0.5) is 18.9 Å². The number of benzene rings is 1. The number of hydrogen-bond acceptors (Lipinski definition) is 1. The van der Waals surface area contributed by atoms with Crippen molar-refractivity contribution in [2.24, 2.45) is 5.92 Å². The summed E-state index contributed by atoms with van der Waals surface area (Å²) in [7, 11) is 0. The lowest BCUT2D eigenvalue weighted by atomic mass is 10.2. The molecule has 0 aliphatic heterocycles. The van der Waals surface area contributed by atoms with E-state index < -0.39 is 30.0 Å². The van der Waals surface area contributed by atoms with Crippen molar-refractivity contribution in [1.82, 2.24) is 0 Å². The van der Waals surface area contributed by atoms with E-state index in [2.05, 4.69) is 5.32 Å². The number of hydrogen-bond donors (Lipinski definition) is 1. The maximum atomic E-state index is 12.9. The zero-order chi connectivity index (χ0) is 11.9. The monoisotopic (exact) mass is 229 g/mol. The van der Waals surface area contributed by atoms with Crippen LogP contribution in [0.3, 0.4) is 0 Å². The Balaban J connectivity index is 2.05. The fourth-order valence-corrected chi connectivity index (χ4v) is 1.45. The summed E-state index contributed by atoms with van der Waals surface area (Å²) in [6, 6.07) is 3.95. The molecule has 0 radical (unpaired) electrons. The zero-order valence-corrected chi connectivity index (χ0v) is 8.56. The Hall–Kier alpha value is -1.52. The van der Waals surface area contributed by atoms with Gasteiger partial charge in [0.1, 0.15) is 11.7 Å². The van der Waals surface area contributed by atoms with Gasteiger partial charge in [-0.15, -0.1) is 0 Å². The lowest BCUT2D eigenvalue weighted by molar-refractivity contribution is -0.119. The molecule has 1 unspecified atom stereocenters. The molecule has 0 spiro atoms. The van der Waals surface area contributed by atoms with Gasteiger partial charge in [0.05, 0.1) is 0 Å². The summed E-state index contributed by atoms with van der Waals surface area (Å²) in [5, 5.41) is 2.34. The van der Waals surface area contributed by atoms with Crippen LogP contribution in [-0.4, -0.2) is 11.8 Å². The number of carbonyl (C=O) groups is 1. The molecule has 1 aromatic rings. The van der Waals surface area contributed by atoms with E-state index in [-0.39, 0.29) is 0 Å². The third kappa shape index (κ3) is 2.03. The Morgan fingerprint density at radius 3 is 2.62 bits per heavy atom. The molecule has 0 aromatic heterocycles. The molecular weight excluding hydrogens is 219 g/mol. The molecule has 1 saturated carbocycles. The summed E-state index contributed by atoms with van der Waals surface area (Å²) in [6.45, 7) is 1.54. The normalized spacial score (nSPS) is 21.6. The fraction of sp³-hybridized carbons (Fsp3) is 0.364. The quantitative estimate of drug-likeness (QED) is 0.830. The topological polar surface area (TPSA) is 29.1 Å². The van der Waals surface area contributed by atoms with Crippen molar-refractivity contribution in [2.45, 2.75) is 19.3 Å². The highest BCUT2D eigenvalue weighted by atomic mass is 19.3. The third-order valence-electron chi connectivity index (χ3n) is 2.57. The van der Waals surface area contributed by atoms with E-state index in [1.165, 1.54) is 25.1 Å². The van der Waals surface area contributed by atoms with Crippen molar-refractivity contribution >= 4 is 11.6 Å². The van der Waals surface area contributed by atoms with Gasteiger partial charge < -0.3 is 5.32 Å². The van der Waals surface area contributed by atoms with Crippen LogP contribution in [-0.2, 0) is 4.79 Å². The van der Waals surface area contributed by atoms with Crippen LogP contribution in [0.2, 0.25) is 0 Å². The van der Waals surface area contributed by atoms with Crippen LogP contribution in [0.1, 0.15) is 12.0 Å². The number of aryl methyl sites for hydroxylation is 1. The molecule has 2 nitrogen and oxygen atoms in total. The van der Waals surface area contributed by atoms with Crippen LogP contribution in [0.25, 0.3) is 0 Å². The molecule has 1 atom stereocenters. The third-order valence-corrected chi connectivity index (χ3v) is 2.57. The molecule has 0 saturated heterocycles. The van der Waals surface area contributed by atoms with Crippen LogP contribution >= 0.6 is 0 Å². The number of carbonyl (C=O) groups excluding carboxylic acids is 1. The average Bonchev–Trinajstić information content (AvgIpc) is 2.82. The van der Waals surface area contributed by atoms with Gasteiger partial charge >= 0.3 is 0 Å². The average molecular weight is 229 g/mol. The van der Waals surface area contributed by atoms with Crippen molar-refractivity contribution in [3.63, 3.8) is 0 Å². The van der Waals surface area contributed by atoms with Gasteiger partial charge in [0.25, 0.3) is 5.92 Å². The van der Waals surface area contributed by atoms with Crippen LogP contribution in [0, 0.1) is 18.7 Å². The van der Waals surface area contributed by atoms with Gasteiger partial charge in [-0.2, -0.15) is 0 Å². The molecule has 0 bridgehead atoms. The summed E-state index contributed by atoms with van der Waals surface area (Å²) in [5.74, 6) is -5.22. The smallest absolute Gasteiger partial charge is 0.260 e. The summed E-state index contributed by atoms with van der Waals surface area (Å²) in [4.78, 5) is 11.3. The van der Waals surface area contributed by atoms with Gasteiger partial charge in [-0.25, -0.2) is 13.2 Å². The van der Waals surface area contributed by atoms with Gasteiger partial charge in [0.2, 0.25) is 5.91 Å². The van der Waals surface area contributed by atoms with Crippen molar-refractivity contribution < 1.29 is 18.0 Å². The number of nitrogens with one attached hydrogen (secondary N) is 1. The molecule has 1 aromatic carbocycles. The van der Waals surface area contributed by atoms with Gasteiger partial charge in [0.15, 0.2) is 0 Å². The molecular formula is C11H10F3NO.